The molecule has 0 spiro atoms. The highest BCUT2D eigenvalue weighted by Crippen LogP contribution is 2.33. The highest BCUT2D eigenvalue weighted by molar-refractivity contribution is 6.30. The molecule has 1 aromatic carbocycles. The Morgan fingerprint density at radius 3 is 2.50 bits per heavy atom. The highest BCUT2D eigenvalue weighted by atomic mass is 35.5. The monoisotopic (exact) mass is 364 g/mol. The van der Waals surface area contributed by atoms with Crippen LogP contribution in [0.25, 0.3) is 0 Å². The molecule has 1 N–H and O–H groups in total. The Morgan fingerprint density at radius 1 is 1.17 bits per heavy atom. The fraction of sp³-hybridized carbons (Fsp3) is 0.312. The minimum atomic E-state index is -4.67. The van der Waals surface area contributed by atoms with Gasteiger partial charge in [0.2, 0.25) is 0 Å². The zero-order chi connectivity index (χ0) is 17.7. The van der Waals surface area contributed by atoms with Crippen molar-refractivity contribution < 1.29 is 22.0 Å². The van der Waals surface area contributed by atoms with Gasteiger partial charge in [-0.2, -0.15) is 13.2 Å². The molecule has 0 bridgehead atoms. The van der Waals surface area contributed by atoms with E-state index in [4.69, 9.17) is 11.6 Å². The van der Waals surface area contributed by atoms with Crippen molar-refractivity contribution in [3.05, 3.63) is 64.2 Å². The summed E-state index contributed by atoms with van der Waals surface area (Å²) in [6.07, 6.45) is -3.16. The van der Waals surface area contributed by atoms with Crippen LogP contribution in [0.3, 0.4) is 0 Å². The molecule has 8 heteroatoms. The molecule has 0 amide bonds. The average molecular weight is 365 g/mol. The predicted octanol–water partition coefficient (Wildman–Crippen LogP) is 4.93. The van der Waals surface area contributed by atoms with Gasteiger partial charge in [0, 0.05) is 6.20 Å². The smallest absolute Gasteiger partial charge is 0.305 e. The van der Waals surface area contributed by atoms with Gasteiger partial charge in [0.1, 0.15) is 5.82 Å². The lowest BCUT2D eigenvalue weighted by Crippen LogP contribution is -2.25. The van der Waals surface area contributed by atoms with Crippen molar-refractivity contribution in [1.29, 1.82) is 0 Å². The van der Waals surface area contributed by atoms with Crippen molar-refractivity contribution in [1.82, 2.24) is 10.3 Å². The van der Waals surface area contributed by atoms with Crippen LogP contribution in [0, 0.1) is 5.82 Å². The number of alkyl halides is 4. The fourth-order valence-electron chi connectivity index (χ4n) is 2.21. The number of hydrogen-bond donors (Lipinski definition) is 1. The summed E-state index contributed by atoms with van der Waals surface area (Å²) in [6.45, 7) is -0.381. The molecule has 2 nitrogen and oxygen atoms in total. The van der Waals surface area contributed by atoms with Gasteiger partial charge in [0.15, 0.2) is 0 Å². The van der Waals surface area contributed by atoms with E-state index in [0.29, 0.717) is 16.8 Å². The molecule has 0 unspecified atom stereocenters. The molecule has 0 saturated heterocycles. The third-order valence-electron chi connectivity index (χ3n) is 3.29. The van der Waals surface area contributed by atoms with Gasteiger partial charge in [0.05, 0.1) is 29.0 Å². The standard InChI is InChI=1S/C16H14ClF5N2/c17-12-2-3-14(24-9-12)15(23-5-1-4-18)10-6-11(16(20,21)22)8-13(19)7-10/h2-3,6-9,15,23H,1,4-5H2/t15-/m0/s1. The van der Waals surface area contributed by atoms with Gasteiger partial charge in [-0.15, -0.1) is 0 Å². The van der Waals surface area contributed by atoms with Gasteiger partial charge in [-0.3, -0.25) is 9.37 Å². The Kier molecular flexibility index (Phi) is 6.12. The number of nitrogens with one attached hydrogen (secondary N) is 1. The first kappa shape index (κ1) is 18.6. The quantitative estimate of drug-likeness (QED) is 0.580. The Balaban J connectivity index is 2.42. The topological polar surface area (TPSA) is 24.9 Å². The summed E-state index contributed by atoms with van der Waals surface area (Å²) in [5.74, 6) is -1.01. The molecule has 2 aromatic rings. The van der Waals surface area contributed by atoms with Gasteiger partial charge in [-0.25, -0.2) is 4.39 Å². The van der Waals surface area contributed by atoms with Crippen LogP contribution >= 0.6 is 11.6 Å². The van der Waals surface area contributed by atoms with Crippen LogP contribution in [0.15, 0.2) is 36.5 Å². The van der Waals surface area contributed by atoms with Crippen molar-refractivity contribution >= 4 is 11.6 Å². The van der Waals surface area contributed by atoms with E-state index in [1.807, 2.05) is 0 Å². The van der Waals surface area contributed by atoms with Crippen LogP contribution in [-0.2, 0) is 6.18 Å². The van der Waals surface area contributed by atoms with Gasteiger partial charge in [-0.1, -0.05) is 11.6 Å². The van der Waals surface area contributed by atoms with E-state index in [1.54, 1.807) is 0 Å². The third kappa shape index (κ3) is 4.88. The maximum absolute atomic E-state index is 13.7. The van der Waals surface area contributed by atoms with Crippen molar-refractivity contribution in [2.75, 3.05) is 13.2 Å². The van der Waals surface area contributed by atoms with E-state index < -0.39 is 30.3 Å². The maximum atomic E-state index is 13.7. The van der Waals surface area contributed by atoms with Crippen LogP contribution in [0.5, 0.6) is 0 Å². The van der Waals surface area contributed by atoms with Crippen LogP contribution < -0.4 is 5.32 Å². The predicted molar refractivity (Wildman–Crippen MR) is 81.1 cm³/mol. The second-order valence-electron chi connectivity index (χ2n) is 5.10. The number of halogens is 6. The van der Waals surface area contributed by atoms with Gasteiger partial charge in [0.25, 0.3) is 0 Å². The summed E-state index contributed by atoms with van der Waals surface area (Å²) < 4.78 is 64.7. The van der Waals surface area contributed by atoms with Crippen LogP contribution in [0.4, 0.5) is 22.0 Å². The molecule has 24 heavy (non-hydrogen) atoms. The molecular formula is C16H14ClF5N2. The average Bonchev–Trinajstić information content (AvgIpc) is 2.51. The minimum absolute atomic E-state index is 0.0519. The molecule has 130 valence electrons. The summed E-state index contributed by atoms with van der Waals surface area (Å²) in [6, 6.07) is 4.51. The number of hydrogen-bond acceptors (Lipinski definition) is 2. The van der Waals surface area contributed by atoms with E-state index in [1.165, 1.54) is 18.3 Å². The first-order valence-electron chi connectivity index (χ1n) is 7.09. The highest BCUT2D eigenvalue weighted by Gasteiger charge is 2.32. The van der Waals surface area contributed by atoms with E-state index in [2.05, 4.69) is 10.3 Å². The van der Waals surface area contributed by atoms with Crippen LogP contribution in [0.1, 0.15) is 29.3 Å². The Labute approximate surface area is 140 Å². The molecule has 0 fully saturated rings. The molecule has 0 saturated carbocycles. The summed E-state index contributed by atoms with van der Waals surface area (Å²) in [4.78, 5) is 4.06. The lowest BCUT2D eigenvalue weighted by Gasteiger charge is -2.20. The first-order chi connectivity index (χ1) is 11.3. The molecule has 1 atom stereocenters. The van der Waals surface area contributed by atoms with Gasteiger partial charge in [-0.05, 0) is 48.9 Å². The maximum Gasteiger partial charge on any atom is 0.416 e. The largest absolute Gasteiger partial charge is 0.416 e. The Bertz CT molecular complexity index is 673. The van der Waals surface area contributed by atoms with Crippen molar-refractivity contribution in [2.24, 2.45) is 0 Å². The van der Waals surface area contributed by atoms with E-state index in [9.17, 15) is 22.0 Å². The second-order valence-corrected chi connectivity index (χ2v) is 5.54. The second kappa shape index (κ2) is 7.90. The third-order valence-corrected chi connectivity index (χ3v) is 3.51. The fourth-order valence-corrected chi connectivity index (χ4v) is 2.32. The SMILES string of the molecule is FCCCN[C@@H](c1cc(F)cc(C(F)(F)F)c1)c1ccc(Cl)cn1. The molecule has 0 aliphatic heterocycles. The van der Waals surface area contributed by atoms with E-state index >= 15 is 0 Å². The van der Waals surface area contributed by atoms with Gasteiger partial charge < -0.3 is 5.32 Å². The summed E-state index contributed by atoms with van der Waals surface area (Å²) >= 11 is 5.76. The number of aromatic nitrogens is 1. The number of benzene rings is 1. The molecule has 0 aliphatic rings. The zero-order valence-corrected chi connectivity index (χ0v) is 13.1. The number of pyridine rings is 1. The van der Waals surface area contributed by atoms with Crippen LogP contribution in [0.2, 0.25) is 5.02 Å². The summed E-state index contributed by atoms with van der Waals surface area (Å²) in [5.41, 5.74) is -0.684. The summed E-state index contributed by atoms with van der Waals surface area (Å²) in [5, 5.41) is 3.26. The first-order valence-corrected chi connectivity index (χ1v) is 7.47. The molecule has 2 rings (SSSR count). The Hall–Kier alpha value is -1.73. The Morgan fingerprint density at radius 2 is 1.92 bits per heavy atom. The molecular weight excluding hydrogens is 351 g/mol. The van der Waals surface area contributed by atoms with Crippen LogP contribution in [-0.4, -0.2) is 18.2 Å². The van der Waals surface area contributed by atoms with Gasteiger partial charge >= 0.3 is 6.18 Å². The van der Waals surface area contributed by atoms with E-state index in [-0.39, 0.29) is 18.5 Å². The number of rotatable bonds is 6. The lowest BCUT2D eigenvalue weighted by molar-refractivity contribution is -0.137. The van der Waals surface area contributed by atoms with Crippen molar-refractivity contribution in [2.45, 2.75) is 18.6 Å². The molecule has 0 radical (unpaired) electrons. The molecule has 0 aliphatic carbocycles. The normalized spacial score (nSPS) is 13.1. The number of nitrogens with zero attached hydrogens (tertiary/aromatic N) is 1. The molecule has 1 heterocycles. The van der Waals surface area contributed by atoms with Crippen molar-refractivity contribution in [3.63, 3.8) is 0 Å². The molecule has 1 aromatic heterocycles. The summed E-state index contributed by atoms with van der Waals surface area (Å²) in [7, 11) is 0. The zero-order valence-electron chi connectivity index (χ0n) is 12.4. The minimum Gasteiger partial charge on any atom is -0.305 e. The lowest BCUT2D eigenvalue weighted by atomic mass is 10.00. The van der Waals surface area contributed by atoms with Crippen molar-refractivity contribution in [3.8, 4) is 0 Å². The van der Waals surface area contributed by atoms with E-state index in [0.717, 1.165) is 12.1 Å².